The molecule has 0 unspecified atom stereocenters. The van der Waals surface area contributed by atoms with Crippen LogP contribution in [0.5, 0.6) is 0 Å². The summed E-state index contributed by atoms with van der Waals surface area (Å²) in [7, 11) is 1.56. The van der Waals surface area contributed by atoms with E-state index >= 15 is 0 Å². The number of carbonyl (C=O) groups excluding carboxylic acids is 1. The molecule has 0 bridgehead atoms. The number of hydrogen-bond donors (Lipinski definition) is 0. The normalized spacial score (nSPS) is 10.7. The third-order valence-electron chi connectivity index (χ3n) is 2.52. The van der Waals surface area contributed by atoms with Gasteiger partial charge in [0.25, 0.3) is 0 Å². The first-order valence-electron chi connectivity index (χ1n) is 6.03. The molecule has 0 aliphatic rings. The molecular weight excluding hydrogens is 207 g/mol. The van der Waals surface area contributed by atoms with E-state index in [1.807, 2.05) is 0 Å². The third-order valence-corrected chi connectivity index (χ3v) is 5.27. The van der Waals surface area contributed by atoms with Crippen molar-refractivity contribution >= 4 is 13.9 Å². The maximum atomic E-state index is 11.1. The molecule has 0 saturated heterocycles. The Morgan fingerprint density at radius 2 is 1.60 bits per heavy atom. The van der Waals surface area contributed by atoms with Gasteiger partial charge in [-0.2, -0.15) is 0 Å². The van der Waals surface area contributed by atoms with Gasteiger partial charge >= 0.3 is 5.97 Å². The number of ether oxygens (including phenoxy) is 1. The van der Waals surface area contributed by atoms with Crippen molar-refractivity contribution in [3.05, 3.63) is 0 Å². The summed E-state index contributed by atoms with van der Waals surface area (Å²) in [5, 5.41) is 0. The van der Waals surface area contributed by atoms with Gasteiger partial charge in [0.15, 0.2) is 0 Å². The predicted octanol–water partition coefficient (Wildman–Crippen LogP) is 3.63. The first-order valence-corrected chi connectivity index (χ1v) is 7.93. The number of rotatable bonds is 9. The number of carbonyl (C=O) groups is 1. The quantitative estimate of drug-likeness (QED) is 0.448. The molecule has 0 spiro atoms. The minimum absolute atomic E-state index is 0.0458. The van der Waals surface area contributed by atoms with Crippen molar-refractivity contribution in [2.75, 3.05) is 25.6 Å². The van der Waals surface area contributed by atoms with Crippen LogP contribution in [-0.4, -0.2) is 31.6 Å². The van der Waals surface area contributed by atoms with Gasteiger partial charge < -0.3 is 4.74 Å². The lowest BCUT2D eigenvalue weighted by Crippen LogP contribution is -2.04. The Bertz CT molecular complexity index is 152. The molecule has 0 rings (SSSR count). The Morgan fingerprint density at radius 1 is 1.07 bits per heavy atom. The molecule has 0 saturated carbocycles. The number of hydrogen-bond acceptors (Lipinski definition) is 2. The van der Waals surface area contributed by atoms with Crippen molar-refractivity contribution in [1.82, 2.24) is 0 Å². The molecule has 0 radical (unpaired) electrons. The molecule has 0 aromatic carbocycles. The molecule has 90 valence electrons. The smallest absolute Gasteiger partial charge is 0.305 e. The first kappa shape index (κ1) is 14.9. The zero-order chi connectivity index (χ0) is 11.5. The highest BCUT2D eigenvalue weighted by Gasteiger charge is 2.09. The average molecular weight is 232 g/mol. The van der Waals surface area contributed by atoms with E-state index in [1.165, 1.54) is 45.1 Å². The second-order valence-corrected chi connectivity index (χ2v) is 6.56. The highest BCUT2D eigenvalue weighted by molar-refractivity contribution is 7.57. The second kappa shape index (κ2) is 10.4. The van der Waals surface area contributed by atoms with Crippen LogP contribution in [0, 0.1) is 0 Å². The maximum Gasteiger partial charge on any atom is 0.305 e. The van der Waals surface area contributed by atoms with E-state index in [9.17, 15) is 4.79 Å². The Hall–Kier alpha value is -0.100. The summed E-state index contributed by atoms with van der Waals surface area (Å²) in [6.07, 6.45) is 9.53. The fraction of sp³-hybridized carbons (Fsp3) is 0.917. The number of methoxy groups -OCH3 is 1. The third kappa shape index (κ3) is 8.87. The number of esters is 1. The monoisotopic (exact) mass is 232 g/mol. The lowest BCUT2D eigenvalue weighted by Gasteiger charge is -2.16. The molecule has 0 N–H and O–H groups in total. The van der Waals surface area contributed by atoms with Crippen LogP contribution in [0.4, 0.5) is 0 Å². The molecule has 2 nitrogen and oxygen atoms in total. The molecule has 0 aromatic rings. The summed E-state index contributed by atoms with van der Waals surface area (Å²) in [4.78, 5) is 11.1. The predicted molar refractivity (Wildman–Crippen MR) is 68.0 cm³/mol. The summed E-state index contributed by atoms with van der Waals surface area (Å²) in [6.45, 7) is 4.46. The molecule has 0 aliphatic heterocycles. The Morgan fingerprint density at radius 3 is 2.00 bits per heavy atom. The van der Waals surface area contributed by atoms with Crippen LogP contribution in [0.1, 0.15) is 46.0 Å². The van der Waals surface area contributed by atoms with E-state index in [0.717, 1.165) is 6.16 Å². The Kier molecular flexibility index (Phi) is 10.3. The van der Waals surface area contributed by atoms with Crippen molar-refractivity contribution in [1.29, 1.82) is 0 Å². The zero-order valence-electron chi connectivity index (χ0n) is 10.4. The highest BCUT2D eigenvalue weighted by atomic mass is 31.1. The van der Waals surface area contributed by atoms with Crippen LogP contribution < -0.4 is 0 Å². The lowest BCUT2D eigenvalue weighted by molar-refractivity contribution is -0.140. The van der Waals surface area contributed by atoms with E-state index in [4.69, 9.17) is 0 Å². The summed E-state index contributed by atoms with van der Waals surface area (Å²) >= 11 is 0. The van der Waals surface area contributed by atoms with Crippen LogP contribution in [0.25, 0.3) is 0 Å². The summed E-state index contributed by atoms with van der Waals surface area (Å²) in [5.74, 6) is -0.0458. The molecule has 0 atom stereocenters. The molecule has 0 aliphatic carbocycles. The van der Waals surface area contributed by atoms with Crippen LogP contribution in [0.2, 0.25) is 0 Å². The van der Waals surface area contributed by atoms with E-state index in [1.54, 1.807) is 0 Å². The summed E-state index contributed by atoms with van der Waals surface area (Å²) < 4.78 is 4.68. The molecule has 15 heavy (non-hydrogen) atoms. The minimum Gasteiger partial charge on any atom is -0.469 e. The molecule has 0 fully saturated rings. The SMILES string of the molecule is CCCCP(CCCC)CCC(=O)OC. The van der Waals surface area contributed by atoms with Crippen LogP contribution in [0.15, 0.2) is 0 Å². The second-order valence-electron chi connectivity index (χ2n) is 3.87. The minimum atomic E-state index is -0.0458. The highest BCUT2D eigenvalue weighted by Crippen LogP contribution is 2.38. The van der Waals surface area contributed by atoms with Gasteiger partial charge in [0.2, 0.25) is 0 Å². The molecular formula is C12H25O2P. The fourth-order valence-electron chi connectivity index (χ4n) is 1.45. The lowest BCUT2D eigenvalue weighted by atomic mass is 10.4. The summed E-state index contributed by atoms with van der Waals surface area (Å²) in [5.41, 5.74) is 0. The van der Waals surface area contributed by atoms with Crippen LogP contribution in [0.3, 0.4) is 0 Å². The van der Waals surface area contributed by atoms with Crippen LogP contribution in [-0.2, 0) is 9.53 Å². The van der Waals surface area contributed by atoms with E-state index in [2.05, 4.69) is 18.6 Å². The van der Waals surface area contributed by atoms with Gasteiger partial charge in [0, 0.05) is 6.42 Å². The van der Waals surface area contributed by atoms with E-state index in [0.29, 0.717) is 6.42 Å². The van der Waals surface area contributed by atoms with Crippen molar-refractivity contribution in [2.24, 2.45) is 0 Å². The van der Waals surface area contributed by atoms with Gasteiger partial charge in [-0.25, -0.2) is 0 Å². The van der Waals surface area contributed by atoms with Gasteiger partial charge in [-0.3, -0.25) is 4.79 Å². The molecule has 0 aromatic heterocycles. The van der Waals surface area contributed by atoms with Crippen molar-refractivity contribution < 1.29 is 9.53 Å². The van der Waals surface area contributed by atoms with Gasteiger partial charge in [-0.1, -0.05) is 26.7 Å². The zero-order valence-corrected chi connectivity index (χ0v) is 11.3. The van der Waals surface area contributed by atoms with E-state index < -0.39 is 0 Å². The van der Waals surface area contributed by atoms with Crippen molar-refractivity contribution in [3.63, 3.8) is 0 Å². The molecule has 0 heterocycles. The van der Waals surface area contributed by atoms with Gasteiger partial charge in [0.1, 0.15) is 0 Å². The standard InChI is InChI=1S/C12H25O2P/c1-4-6-9-15(10-7-5-2)11-8-12(13)14-3/h4-11H2,1-3H3. The first-order chi connectivity index (χ1) is 7.24. The topological polar surface area (TPSA) is 26.3 Å². The Labute approximate surface area is 95.5 Å². The largest absolute Gasteiger partial charge is 0.469 e. The van der Waals surface area contributed by atoms with Crippen molar-refractivity contribution in [2.45, 2.75) is 46.0 Å². The van der Waals surface area contributed by atoms with Gasteiger partial charge in [0.05, 0.1) is 7.11 Å². The van der Waals surface area contributed by atoms with Gasteiger partial charge in [-0.05, 0) is 31.3 Å². The molecule has 0 amide bonds. The average Bonchev–Trinajstić information content (AvgIpc) is 2.27. The van der Waals surface area contributed by atoms with Gasteiger partial charge in [-0.15, -0.1) is 7.92 Å². The Balaban J connectivity index is 3.72. The summed E-state index contributed by atoms with van der Waals surface area (Å²) in [6, 6.07) is 0. The van der Waals surface area contributed by atoms with Crippen molar-refractivity contribution in [3.8, 4) is 0 Å². The molecule has 3 heteroatoms. The fourth-order valence-corrected chi connectivity index (χ4v) is 4.15. The van der Waals surface area contributed by atoms with E-state index in [-0.39, 0.29) is 13.9 Å². The number of unbranched alkanes of at least 4 members (excludes halogenated alkanes) is 2. The van der Waals surface area contributed by atoms with Crippen LogP contribution >= 0.6 is 7.92 Å². The maximum absolute atomic E-state index is 11.1.